The van der Waals surface area contributed by atoms with E-state index in [1.165, 1.54) is 19.4 Å². The molecule has 0 aliphatic carbocycles. The highest BCUT2D eigenvalue weighted by atomic mass is 15.4. The van der Waals surface area contributed by atoms with Crippen molar-refractivity contribution in [3.05, 3.63) is 12.2 Å². The summed E-state index contributed by atoms with van der Waals surface area (Å²) in [6.07, 6.45) is 5.36. The van der Waals surface area contributed by atoms with Gasteiger partial charge in [-0.1, -0.05) is 6.92 Å². The summed E-state index contributed by atoms with van der Waals surface area (Å²) in [7, 11) is 0. The topological polar surface area (TPSA) is 46.0 Å². The molecule has 2 heterocycles. The number of rotatable bonds is 6. The summed E-state index contributed by atoms with van der Waals surface area (Å²) in [5.74, 6) is 1.11. The predicted octanol–water partition coefficient (Wildman–Crippen LogP) is 2.04. The van der Waals surface area contributed by atoms with Crippen molar-refractivity contribution in [2.45, 2.75) is 71.6 Å². The summed E-state index contributed by atoms with van der Waals surface area (Å²) in [6.45, 7) is 13.0. The molecule has 1 aliphatic heterocycles. The summed E-state index contributed by atoms with van der Waals surface area (Å²) in [4.78, 5) is 6.98. The van der Waals surface area contributed by atoms with Crippen LogP contribution in [0, 0.1) is 0 Å². The van der Waals surface area contributed by atoms with Crippen LogP contribution in [0.15, 0.2) is 6.33 Å². The summed E-state index contributed by atoms with van der Waals surface area (Å²) < 4.78 is 2.05. The van der Waals surface area contributed by atoms with Gasteiger partial charge in [0.2, 0.25) is 0 Å². The zero-order chi connectivity index (χ0) is 14.6. The number of nitrogens with one attached hydrogen (secondary N) is 1. The van der Waals surface area contributed by atoms with Crippen LogP contribution in [0.25, 0.3) is 0 Å². The minimum absolute atomic E-state index is 0.191. The zero-order valence-electron chi connectivity index (χ0n) is 13.4. The van der Waals surface area contributed by atoms with Crippen molar-refractivity contribution in [3.8, 4) is 0 Å². The molecule has 20 heavy (non-hydrogen) atoms. The molecule has 1 N–H and O–H groups in total. The van der Waals surface area contributed by atoms with Crippen molar-refractivity contribution in [1.82, 2.24) is 25.0 Å². The Hall–Kier alpha value is -0.940. The number of hydrogen-bond donors (Lipinski definition) is 1. The van der Waals surface area contributed by atoms with E-state index in [0.717, 1.165) is 31.9 Å². The number of nitrogens with zero attached hydrogens (tertiary/aromatic N) is 4. The third-order valence-electron chi connectivity index (χ3n) is 3.84. The molecule has 5 nitrogen and oxygen atoms in total. The first-order valence-corrected chi connectivity index (χ1v) is 7.85. The largest absolute Gasteiger partial charge is 0.311 e. The van der Waals surface area contributed by atoms with E-state index >= 15 is 0 Å². The smallest absolute Gasteiger partial charge is 0.141 e. The van der Waals surface area contributed by atoms with Crippen LogP contribution in [0.1, 0.15) is 52.8 Å². The fourth-order valence-electron chi connectivity index (χ4n) is 2.75. The summed E-state index contributed by atoms with van der Waals surface area (Å²) in [5.41, 5.74) is 0.191. The van der Waals surface area contributed by atoms with Gasteiger partial charge >= 0.3 is 0 Å². The lowest BCUT2D eigenvalue weighted by molar-refractivity contribution is 0.217. The molecule has 2 rings (SSSR count). The Kier molecular flexibility index (Phi) is 5.16. The lowest BCUT2D eigenvalue weighted by Gasteiger charge is -2.28. The third-order valence-corrected chi connectivity index (χ3v) is 3.84. The molecule has 1 aliphatic rings. The van der Waals surface area contributed by atoms with E-state index in [1.54, 1.807) is 6.33 Å². The Morgan fingerprint density at radius 1 is 1.40 bits per heavy atom. The normalized spacial score (nSPS) is 20.7. The van der Waals surface area contributed by atoms with Gasteiger partial charge in [0.15, 0.2) is 0 Å². The number of aromatic nitrogens is 3. The van der Waals surface area contributed by atoms with Gasteiger partial charge in [0, 0.05) is 24.7 Å². The molecule has 1 unspecified atom stereocenters. The molecular weight excluding hydrogens is 250 g/mol. The molecule has 0 bridgehead atoms. The SMILES string of the molecule is CCCn1ncnc1CN1CCCC1CNC(C)(C)C. The maximum absolute atomic E-state index is 4.43. The van der Waals surface area contributed by atoms with Gasteiger partial charge in [-0.15, -0.1) is 0 Å². The second-order valence-electron chi connectivity index (χ2n) is 6.80. The quantitative estimate of drug-likeness (QED) is 0.865. The molecule has 0 radical (unpaired) electrons. The van der Waals surface area contributed by atoms with E-state index in [4.69, 9.17) is 0 Å². The van der Waals surface area contributed by atoms with Gasteiger partial charge < -0.3 is 5.32 Å². The van der Waals surface area contributed by atoms with E-state index < -0.39 is 0 Å². The molecule has 0 aromatic carbocycles. The van der Waals surface area contributed by atoms with E-state index in [2.05, 4.69) is 48.0 Å². The molecule has 1 aromatic rings. The maximum Gasteiger partial charge on any atom is 0.141 e. The van der Waals surface area contributed by atoms with Gasteiger partial charge in [0.25, 0.3) is 0 Å². The first kappa shape index (κ1) is 15.4. The highest BCUT2D eigenvalue weighted by Crippen LogP contribution is 2.19. The van der Waals surface area contributed by atoms with Crippen LogP contribution < -0.4 is 5.32 Å². The van der Waals surface area contributed by atoms with Crippen LogP contribution >= 0.6 is 0 Å². The van der Waals surface area contributed by atoms with Gasteiger partial charge in [0.05, 0.1) is 6.54 Å². The maximum atomic E-state index is 4.43. The van der Waals surface area contributed by atoms with Crippen molar-refractivity contribution >= 4 is 0 Å². The third kappa shape index (κ3) is 4.28. The predicted molar refractivity (Wildman–Crippen MR) is 81.5 cm³/mol. The van der Waals surface area contributed by atoms with Crippen LogP contribution in [0.2, 0.25) is 0 Å². The summed E-state index contributed by atoms with van der Waals surface area (Å²) >= 11 is 0. The van der Waals surface area contributed by atoms with Crippen LogP contribution in [0.3, 0.4) is 0 Å². The highest BCUT2D eigenvalue weighted by molar-refractivity contribution is 4.90. The van der Waals surface area contributed by atoms with Crippen molar-refractivity contribution < 1.29 is 0 Å². The average molecular weight is 279 g/mol. The van der Waals surface area contributed by atoms with Gasteiger partial charge in [-0.25, -0.2) is 9.67 Å². The van der Waals surface area contributed by atoms with E-state index in [-0.39, 0.29) is 5.54 Å². The fraction of sp³-hybridized carbons (Fsp3) is 0.867. The Bertz CT molecular complexity index is 407. The number of hydrogen-bond acceptors (Lipinski definition) is 4. The molecule has 0 spiro atoms. The van der Waals surface area contributed by atoms with E-state index in [1.807, 2.05) is 4.68 Å². The Morgan fingerprint density at radius 2 is 2.20 bits per heavy atom. The second kappa shape index (κ2) is 6.68. The standard InChI is InChI=1S/C15H29N5/c1-5-8-20-14(16-12-18-20)11-19-9-6-7-13(19)10-17-15(2,3)4/h12-13,17H,5-11H2,1-4H3. The monoisotopic (exact) mass is 279 g/mol. The number of likely N-dealkylation sites (tertiary alicyclic amines) is 1. The average Bonchev–Trinajstić information content (AvgIpc) is 2.97. The molecule has 5 heteroatoms. The molecular formula is C15H29N5. The van der Waals surface area contributed by atoms with Crippen LogP contribution in [-0.4, -0.2) is 44.3 Å². The van der Waals surface area contributed by atoms with E-state index in [9.17, 15) is 0 Å². The fourth-order valence-corrected chi connectivity index (χ4v) is 2.75. The first-order chi connectivity index (χ1) is 9.49. The molecule has 1 aromatic heterocycles. The number of aryl methyl sites for hydroxylation is 1. The molecule has 0 amide bonds. The highest BCUT2D eigenvalue weighted by Gasteiger charge is 2.26. The Balaban J connectivity index is 1.92. The van der Waals surface area contributed by atoms with Gasteiger partial charge in [0.1, 0.15) is 12.2 Å². The first-order valence-electron chi connectivity index (χ1n) is 7.85. The Labute approximate surface area is 122 Å². The van der Waals surface area contributed by atoms with Crippen LogP contribution in [-0.2, 0) is 13.1 Å². The molecule has 1 saturated heterocycles. The second-order valence-corrected chi connectivity index (χ2v) is 6.80. The summed E-state index contributed by atoms with van der Waals surface area (Å²) in [5, 5.41) is 7.95. The van der Waals surface area contributed by atoms with Crippen molar-refractivity contribution in [2.24, 2.45) is 0 Å². The van der Waals surface area contributed by atoms with Crippen molar-refractivity contribution in [2.75, 3.05) is 13.1 Å². The lowest BCUT2D eigenvalue weighted by atomic mass is 10.1. The molecule has 0 saturated carbocycles. The molecule has 1 atom stereocenters. The molecule has 114 valence electrons. The summed E-state index contributed by atoms with van der Waals surface area (Å²) in [6, 6.07) is 0.626. The van der Waals surface area contributed by atoms with Crippen molar-refractivity contribution in [3.63, 3.8) is 0 Å². The van der Waals surface area contributed by atoms with E-state index in [0.29, 0.717) is 6.04 Å². The minimum atomic E-state index is 0.191. The Morgan fingerprint density at radius 3 is 2.90 bits per heavy atom. The molecule has 1 fully saturated rings. The van der Waals surface area contributed by atoms with Crippen LogP contribution in [0.4, 0.5) is 0 Å². The zero-order valence-corrected chi connectivity index (χ0v) is 13.4. The lowest BCUT2D eigenvalue weighted by Crippen LogP contribution is -2.45. The van der Waals surface area contributed by atoms with Gasteiger partial charge in [-0.3, -0.25) is 4.90 Å². The minimum Gasteiger partial charge on any atom is -0.311 e. The van der Waals surface area contributed by atoms with Gasteiger partial charge in [-0.05, 0) is 46.6 Å². The van der Waals surface area contributed by atoms with Crippen molar-refractivity contribution in [1.29, 1.82) is 0 Å². The van der Waals surface area contributed by atoms with Crippen LogP contribution in [0.5, 0.6) is 0 Å². The van der Waals surface area contributed by atoms with Gasteiger partial charge in [-0.2, -0.15) is 5.10 Å².